The van der Waals surface area contributed by atoms with E-state index >= 15 is 0 Å². The van der Waals surface area contributed by atoms with Gasteiger partial charge in [0, 0.05) is 4.75 Å². The molecule has 0 radical (unpaired) electrons. The van der Waals surface area contributed by atoms with Gasteiger partial charge in [0.25, 0.3) is 0 Å². The van der Waals surface area contributed by atoms with Crippen LogP contribution < -0.4 is 0 Å². The highest BCUT2D eigenvalue weighted by atomic mass is 32.2. The van der Waals surface area contributed by atoms with Gasteiger partial charge in [-0.25, -0.2) is 0 Å². The molecule has 0 spiro atoms. The van der Waals surface area contributed by atoms with Crippen molar-refractivity contribution in [1.82, 2.24) is 0 Å². The first kappa shape index (κ1) is 14.0. The van der Waals surface area contributed by atoms with Crippen molar-refractivity contribution in [3.63, 3.8) is 0 Å². The van der Waals surface area contributed by atoms with Gasteiger partial charge in [-0.05, 0) is 31.3 Å². The molecule has 0 aromatic heterocycles. The van der Waals surface area contributed by atoms with Gasteiger partial charge >= 0.3 is 6.18 Å². The summed E-state index contributed by atoms with van der Waals surface area (Å²) in [5.41, 5.74) is -1.25. The van der Waals surface area contributed by atoms with Gasteiger partial charge in [-0.1, -0.05) is 18.3 Å². The third kappa shape index (κ3) is 3.73. The highest BCUT2D eigenvalue weighted by molar-refractivity contribution is 8.15. The monoisotopic (exact) mass is 270 g/mol. The third-order valence-corrected chi connectivity index (χ3v) is 4.80. The largest absolute Gasteiger partial charge is 0.420 e. The predicted octanol–water partition coefficient (Wildman–Crippen LogP) is 3.65. The first-order valence-corrected chi connectivity index (χ1v) is 6.79. The van der Waals surface area contributed by atoms with Crippen molar-refractivity contribution in [3.8, 4) is 0 Å². The fourth-order valence-electron chi connectivity index (χ4n) is 1.31. The van der Waals surface area contributed by atoms with Crippen LogP contribution in [0.1, 0.15) is 19.8 Å². The molecule has 92 valence electrons. The Morgan fingerprint density at radius 3 is 2.31 bits per heavy atom. The molecule has 6 heteroatoms. The standard InChI is InChI=1S/C10H13F3OS2/c1-7(10(11,12)13)8(14)16-9(2)3-5-15-6-4-9/h1,3-6H2,2H3. The SMILES string of the molecule is C=C(C(=O)SC1(C)CCSCC1)C(F)(F)F. The molecule has 0 saturated carbocycles. The Morgan fingerprint density at radius 2 is 1.88 bits per heavy atom. The second-order valence-corrected chi connectivity index (χ2v) is 6.71. The molecule has 1 rings (SSSR count). The predicted molar refractivity (Wildman–Crippen MR) is 62.8 cm³/mol. The summed E-state index contributed by atoms with van der Waals surface area (Å²) in [6.45, 7) is 4.67. The van der Waals surface area contributed by atoms with E-state index < -0.39 is 16.9 Å². The van der Waals surface area contributed by atoms with Crippen molar-refractivity contribution >= 4 is 28.6 Å². The zero-order chi connectivity index (χ0) is 12.4. The van der Waals surface area contributed by atoms with E-state index in [4.69, 9.17) is 0 Å². The lowest BCUT2D eigenvalue weighted by Gasteiger charge is -2.31. The molecule has 0 aliphatic carbocycles. The van der Waals surface area contributed by atoms with E-state index in [0.717, 1.165) is 36.1 Å². The normalized spacial score (nSPS) is 20.5. The molecule has 0 aromatic carbocycles. The number of thioether (sulfide) groups is 2. The van der Waals surface area contributed by atoms with Crippen molar-refractivity contribution in [2.75, 3.05) is 11.5 Å². The average Bonchev–Trinajstić information content (AvgIpc) is 2.15. The van der Waals surface area contributed by atoms with Gasteiger partial charge in [-0.2, -0.15) is 24.9 Å². The number of hydrogen-bond acceptors (Lipinski definition) is 3. The molecule has 0 amide bonds. The van der Waals surface area contributed by atoms with Gasteiger partial charge in [-0.3, -0.25) is 4.79 Å². The number of alkyl halides is 3. The summed E-state index contributed by atoms with van der Waals surface area (Å²) in [4.78, 5) is 11.4. The lowest BCUT2D eigenvalue weighted by atomic mass is 10.1. The first-order chi connectivity index (χ1) is 7.25. The fraction of sp³-hybridized carbons (Fsp3) is 0.700. The molecule has 1 aliphatic heterocycles. The Hall–Kier alpha value is -0.100. The van der Waals surface area contributed by atoms with E-state index in [1.165, 1.54) is 0 Å². The number of carbonyl (C=O) groups excluding carboxylic acids is 1. The van der Waals surface area contributed by atoms with Crippen LogP contribution in [0, 0.1) is 0 Å². The highest BCUT2D eigenvalue weighted by Crippen LogP contribution is 2.41. The topological polar surface area (TPSA) is 17.1 Å². The number of rotatable bonds is 2. The van der Waals surface area contributed by atoms with Crippen LogP contribution in [-0.2, 0) is 4.79 Å². The molecule has 0 aromatic rings. The summed E-state index contributed by atoms with van der Waals surface area (Å²) in [6, 6.07) is 0. The van der Waals surface area contributed by atoms with E-state index in [9.17, 15) is 18.0 Å². The van der Waals surface area contributed by atoms with Crippen LogP contribution >= 0.6 is 23.5 Å². The zero-order valence-corrected chi connectivity index (χ0v) is 10.5. The molecule has 1 fully saturated rings. The van der Waals surface area contributed by atoms with E-state index in [2.05, 4.69) is 6.58 Å². The maximum atomic E-state index is 12.2. The van der Waals surface area contributed by atoms with Gasteiger partial charge in [0.1, 0.15) is 5.57 Å². The van der Waals surface area contributed by atoms with Crippen LogP contribution in [0.2, 0.25) is 0 Å². The molecule has 0 unspecified atom stereocenters. The lowest BCUT2D eigenvalue weighted by Crippen LogP contribution is -2.29. The number of halogens is 3. The van der Waals surface area contributed by atoms with Crippen LogP contribution in [-0.4, -0.2) is 27.5 Å². The average molecular weight is 270 g/mol. The maximum absolute atomic E-state index is 12.2. The molecule has 16 heavy (non-hydrogen) atoms. The van der Waals surface area contributed by atoms with Gasteiger partial charge in [-0.15, -0.1) is 0 Å². The first-order valence-electron chi connectivity index (χ1n) is 4.82. The summed E-state index contributed by atoms with van der Waals surface area (Å²) in [6.07, 6.45) is -3.08. The second-order valence-electron chi connectivity index (χ2n) is 3.93. The highest BCUT2D eigenvalue weighted by Gasteiger charge is 2.40. The molecule has 0 bridgehead atoms. The maximum Gasteiger partial charge on any atom is 0.420 e. The Morgan fingerprint density at radius 1 is 1.38 bits per heavy atom. The van der Waals surface area contributed by atoms with Crippen molar-refractivity contribution in [1.29, 1.82) is 0 Å². The zero-order valence-electron chi connectivity index (χ0n) is 8.89. The molecule has 1 heterocycles. The van der Waals surface area contributed by atoms with Gasteiger partial charge in [0.15, 0.2) is 0 Å². The Balaban J connectivity index is 2.60. The van der Waals surface area contributed by atoms with Crippen molar-refractivity contribution in [2.24, 2.45) is 0 Å². The van der Waals surface area contributed by atoms with E-state index in [0.29, 0.717) is 0 Å². The smallest absolute Gasteiger partial charge is 0.282 e. The minimum absolute atomic E-state index is 0.365. The fourth-order valence-corrected chi connectivity index (χ4v) is 4.05. The van der Waals surface area contributed by atoms with Crippen LogP contribution in [0.25, 0.3) is 0 Å². The van der Waals surface area contributed by atoms with E-state index in [1.807, 2.05) is 6.92 Å². The summed E-state index contributed by atoms with van der Waals surface area (Å²) >= 11 is 2.55. The van der Waals surface area contributed by atoms with Gasteiger partial charge in [0.05, 0.1) is 0 Å². The summed E-state index contributed by atoms with van der Waals surface area (Å²) in [7, 11) is 0. The van der Waals surface area contributed by atoms with Crippen LogP contribution in [0.3, 0.4) is 0 Å². The van der Waals surface area contributed by atoms with Crippen LogP contribution in [0.4, 0.5) is 13.2 Å². The van der Waals surface area contributed by atoms with Crippen molar-refractivity contribution in [3.05, 3.63) is 12.2 Å². The van der Waals surface area contributed by atoms with Crippen molar-refractivity contribution < 1.29 is 18.0 Å². The van der Waals surface area contributed by atoms with Gasteiger partial charge in [0.2, 0.25) is 5.12 Å². The molecular formula is C10H13F3OS2. The molecule has 1 aliphatic rings. The quantitative estimate of drug-likeness (QED) is 0.713. The van der Waals surface area contributed by atoms with Crippen molar-refractivity contribution in [2.45, 2.75) is 30.7 Å². The molecule has 0 atom stereocenters. The van der Waals surface area contributed by atoms with E-state index in [-0.39, 0.29) is 4.75 Å². The minimum Gasteiger partial charge on any atom is -0.282 e. The van der Waals surface area contributed by atoms with Crippen LogP contribution in [0.5, 0.6) is 0 Å². The Labute approximate surface area is 101 Å². The third-order valence-electron chi connectivity index (χ3n) is 2.48. The Kier molecular flexibility index (Phi) is 4.40. The summed E-state index contributed by atoms with van der Waals surface area (Å²) < 4.78 is 36.4. The van der Waals surface area contributed by atoms with Crippen LogP contribution in [0.15, 0.2) is 12.2 Å². The minimum atomic E-state index is -4.61. The van der Waals surface area contributed by atoms with E-state index in [1.54, 1.807) is 11.8 Å². The summed E-state index contributed by atoms with van der Waals surface area (Å²) in [5, 5.41) is -0.943. The number of carbonyl (C=O) groups is 1. The molecular weight excluding hydrogens is 257 g/mol. The molecule has 0 N–H and O–H groups in total. The summed E-state index contributed by atoms with van der Waals surface area (Å²) in [5.74, 6) is 1.80. The Bertz CT molecular complexity index is 293. The van der Waals surface area contributed by atoms with Gasteiger partial charge < -0.3 is 0 Å². The second kappa shape index (κ2) is 5.04. The number of hydrogen-bond donors (Lipinski definition) is 0. The lowest BCUT2D eigenvalue weighted by molar-refractivity contribution is -0.121. The molecule has 1 saturated heterocycles. The molecule has 1 nitrogen and oxygen atoms in total.